The van der Waals surface area contributed by atoms with E-state index in [1.807, 2.05) is 0 Å². The van der Waals surface area contributed by atoms with Crippen LogP contribution in [0.2, 0.25) is 5.02 Å². The number of amides is 1. The van der Waals surface area contributed by atoms with Gasteiger partial charge in [-0.05, 0) is 58.3 Å². The second-order valence-corrected chi connectivity index (χ2v) is 8.80. The normalized spacial score (nSPS) is 11.7. The molecule has 0 saturated carbocycles. The highest BCUT2D eigenvalue weighted by Gasteiger charge is 2.17. The highest BCUT2D eigenvalue weighted by atomic mass is 35.5. The maximum absolute atomic E-state index is 12.9. The number of ether oxygens (including phenoxy) is 1. The number of esters is 1. The number of methoxy groups -OCH3 is 1. The van der Waals surface area contributed by atoms with E-state index in [0.29, 0.717) is 39.5 Å². The molecule has 2 heterocycles. The van der Waals surface area contributed by atoms with Gasteiger partial charge in [-0.2, -0.15) is 9.78 Å². The Hall–Kier alpha value is -4.90. The summed E-state index contributed by atoms with van der Waals surface area (Å²) in [6, 6.07) is 13.2. The summed E-state index contributed by atoms with van der Waals surface area (Å²) >= 11 is 6.15. The second kappa shape index (κ2) is 12.6. The summed E-state index contributed by atoms with van der Waals surface area (Å²) in [6.45, 7) is 3.77. The topological polar surface area (TPSA) is 145 Å². The lowest BCUT2D eigenvalue weighted by Crippen LogP contribution is -2.28. The third-order valence-electron chi connectivity index (χ3n) is 5.74. The van der Waals surface area contributed by atoms with E-state index in [1.165, 1.54) is 24.2 Å². The number of nitrogens with one attached hydrogen (secondary N) is 2. The van der Waals surface area contributed by atoms with Crippen LogP contribution in [0.3, 0.4) is 0 Å². The summed E-state index contributed by atoms with van der Waals surface area (Å²) in [5.74, 6) is -0.753. The molecule has 2 N–H and O–H groups in total. The lowest BCUT2D eigenvalue weighted by molar-refractivity contribution is -0.139. The van der Waals surface area contributed by atoms with E-state index < -0.39 is 11.9 Å². The van der Waals surface area contributed by atoms with E-state index in [1.54, 1.807) is 60.7 Å². The molecule has 0 spiro atoms. The number of nitrogens with zero attached hydrogens (tertiary/aromatic N) is 5. The smallest absolute Gasteiger partial charge is 0.309 e. The molecule has 0 fully saturated rings. The summed E-state index contributed by atoms with van der Waals surface area (Å²) in [6.07, 6.45) is 6.54. The number of H-pyrrole nitrogens is 1. The van der Waals surface area contributed by atoms with Crippen LogP contribution in [0, 0.1) is 0 Å². The molecule has 0 aliphatic rings. The van der Waals surface area contributed by atoms with E-state index in [2.05, 4.69) is 37.6 Å². The molecule has 2 aromatic carbocycles. The number of hydrogen-bond donors (Lipinski definition) is 2. The summed E-state index contributed by atoms with van der Waals surface area (Å²) in [7, 11) is 1.33. The Kier molecular flexibility index (Phi) is 8.75. The number of aromatic nitrogens is 6. The van der Waals surface area contributed by atoms with Gasteiger partial charge in [-0.25, -0.2) is 5.10 Å². The lowest BCUT2D eigenvalue weighted by Gasteiger charge is -2.16. The first-order valence-electron chi connectivity index (χ1n) is 11.8. The van der Waals surface area contributed by atoms with Gasteiger partial charge in [0.15, 0.2) is 0 Å². The van der Waals surface area contributed by atoms with E-state index in [9.17, 15) is 14.4 Å². The zero-order valence-corrected chi connectivity index (χ0v) is 21.6. The van der Waals surface area contributed by atoms with E-state index >= 15 is 0 Å². The molecule has 4 aromatic rings. The van der Waals surface area contributed by atoms with Crippen LogP contribution < -0.4 is 10.9 Å². The van der Waals surface area contributed by atoms with Crippen molar-refractivity contribution in [1.29, 1.82) is 0 Å². The van der Waals surface area contributed by atoms with Gasteiger partial charge >= 0.3 is 5.97 Å². The maximum Gasteiger partial charge on any atom is 0.309 e. The number of aromatic amines is 1. The molecule has 0 aliphatic carbocycles. The fourth-order valence-electron chi connectivity index (χ4n) is 3.80. The first-order valence-corrected chi connectivity index (χ1v) is 12.1. The predicted octanol–water partition coefficient (Wildman–Crippen LogP) is 3.23. The third-order valence-corrected chi connectivity index (χ3v) is 5.98. The van der Waals surface area contributed by atoms with Gasteiger partial charge in [-0.3, -0.25) is 14.4 Å². The van der Waals surface area contributed by atoms with Crippen LogP contribution in [0.5, 0.6) is 0 Å². The molecule has 1 atom stereocenters. The van der Waals surface area contributed by atoms with Crippen LogP contribution in [0.15, 0.2) is 78.4 Å². The van der Waals surface area contributed by atoms with Crippen molar-refractivity contribution in [2.75, 3.05) is 7.11 Å². The van der Waals surface area contributed by atoms with Gasteiger partial charge in [-0.1, -0.05) is 41.9 Å². The zero-order chi connectivity index (χ0) is 27.8. The minimum atomic E-state index is -0.563. The molecular formula is C27H24ClN7O4. The summed E-state index contributed by atoms with van der Waals surface area (Å²) in [5, 5.41) is 21.2. The molecule has 1 unspecified atom stereocenters. The van der Waals surface area contributed by atoms with Crippen molar-refractivity contribution in [2.45, 2.75) is 18.9 Å². The summed E-state index contributed by atoms with van der Waals surface area (Å²) < 4.78 is 6.15. The van der Waals surface area contributed by atoms with E-state index in [-0.39, 0.29) is 17.9 Å². The number of carbonyl (C=O) groups excluding carboxylic acids is 2. The highest BCUT2D eigenvalue weighted by Crippen LogP contribution is 2.22. The van der Waals surface area contributed by atoms with Crippen molar-refractivity contribution >= 4 is 29.6 Å². The van der Waals surface area contributed by atoms with Crippen molar-refractivity contribution < 1.29 is 14.3 Å². The largest absolute Gasteiger partial charge is 0.469 e. The lowest BCUT2D eigenvalue weighted by atomic mass is 10.0. The Bertz CT molecular complexity index is 1560. The number of carbonyl (C=O) groups is 2. The summed E-state index contributed by atoms with van der Waals surface area (Å²) in [5.41, 5.74) is 3.08. The Morgan fingerprint density at radius 1 is 1.21 bits per heavy atom. The Labute approximate surface area is 228 Å². The molecule has 4 rings (SSSR count). The SMILES string of the molecule is C=CCC(NC(=O)/C=C/c1cc(Cl)ccc1-n1cnnn1)c1cc(-c2ccc(CC(=O)OC)cc2)c(=O)[nH]n1. The number of rotatable bonds is 10. The first kappa shape index (κ1) is 27.1. The fraction of sp³-hybridized carbons (Fsp3) is 0.148. The number of tetrazole rings is 1. The van der Waals surface area contributed by atoms with Crippen LogP contribution in [-0.2, 0) is 20.7 Å². The highest BCUT2D eigenvalue weighted by molar-refractivity contribution is 6.30. The minimum Gasteiger partial charge on any atom is -0.469 e. The van der Waals surface area contributed by atoms with Gasteiger partial charge in [0.25, 0.3) is 5.56 Å². The molecule has 0 saturated heterocycles. The van der Waals surface area contributed by atoms with E-state index in [4.69, 9.17) is 16.3 Å². The Morgan fingerprint density at radius 3 is 2.69 bits per heavy atom. The fourth-order valence-corrected chi connectivity index (χ4v) is 3.98. The molecular weight excluding hydrogens is 522 g/mol. The van der Waals surface area contributed by atoms with E-state index in [0.717, 1.165) is 5.56 Å². The van der Waals surface area contributed by atoms with Gasteiger partial charge in [0.2, 0.25) is 5.91 Å². The Morgan fingerprint density at radius 2 is 2.00 bits per heavy atom. The van der Waals surface area contributed by atoms with Gasteiger partial charge in [0, 0.05) is 16.7 Å². The first-order chi connectivity index (χ1) is 18.9. The average molecular weight is 546 g/mol. The van der Waals surface area contributed by atoms with Gasteiger partial charge in [0.05, 0.1) is 36.5 Å². The minimum absolute atomic E-state index is 0.127. The molecule has 0 bridgehead atoms. The maximum atomic E-state index is 12.9. The van der Waals surface area contributed by atoms with Crippen molar-refractivity contribution in [3.8, 4) is 16.8 Å². The zero-order valence-electron chi connectivity index (χ0n) is 20.9. The molecule has 0 radical (unpaired) electrons. The standard InChI is InChI=1S/C27H24ClN7O4/c1-3-4-22(30-25(36)12-9-19-14-20(28)10-11-24(19)35-16-29-33-34-35)23-15-21(27(38)32-31-23)18-7-5-17(6-8-18)13-26(37)39-2/h3,5-12,14-16,22H,1,4,13H2,2H3,(H,30,36)(H,32,38)/b12-9+. The number of halogens is 1. The Balaban J connectivity index is 1.55. The van der Waals surface area contributed by atoms with Crippen molar-refractivity contribution in [3.63, 3.8) is 0 Å². The van der Waals surface area contributed by atoms with Crippen molar-refractivity contribution in [1.82, 2.24) is 35.7 Å². The molecule has 12 heteroatoms. The molecule has 39 heavy (non-hydrogen) atoms. The summed E-state index contributed by atoms with van der Waals surface area (Å²) in [4.78, 5) is 37.0. The average Bonchev–Trinajstić information content (AvgIpc) is 3.47. The molecule has 198 valence electrons. The number of hydrogen-bond acceptors (Lipinski definition) is 8. The van der Waals surface area contributed by atoms with Crippen LogP contribution in [0.1, 0.15) is 29.3 Å². The van der Waals surface area contributed by atoms with Crippen LogP contribution >= 0.6 is 11.6 Å². The van der Waals surface area contributed by atoms with Gasteiger partial charge < -0.3 is 10.1 Å². The third kappa shape index (κ3) is 6.90. The van der Waals surface area contributed by atoms with Gasteiger partial charge in [0.1, 0.15) is 6.33 Å². The molecule has 11 nitrogen and oxygen atoms in total. The molecule has 2 aromatic heterocycles. The molecule has 1 amide bonds. The van der Waals surface area contributed by atoms with Crippen LogP contribution in [0.25, 0.3) is 22.9 Å². The molecule has 0 aliphatic heterocycles. The van der Waals surface area contributed by atoms with Crippen molar-refractivity contribution in [3.05, 3.63) is 106 Å². The monoisotopic (exact) mass is 545 g/mol. The van der Waals surface area contributed by atoms with Crippen molar-refractivity contribution in [2.24, 2.45) is 0 Å². The predicted molar refractivity (Wildman–Crippen MR) is 145 cm³/mol. The number of benzene rings is 2. The second-order valence-electron chi connectivity index (χ2n) is 8.36. The van der Waals surface area contributed by atoms with Gasteiger partial charge in [-0.15, -0.1) is 11.7 Å². The van der Waals surface area contributed by atoms with Crippen LogP contribution in [0.4, 0.5) is 0 Å². The quantitative estimate of drug-likeness (QED) is 0.175. The van der Waals surface area contributed by atoms with Crippen LogP contribution in [-0.4, -0.2) is 49.4 Å².